The minimum atomic E-state index is -3.61. The van der Waals surface area contributed by atoms with E-state index in [2.05, 4.69) is 15.1 Å². The molecule has 4 rings (SSSR count). The van der Waals surface area contributed by atoms with Gasteiger partial charge in [-0.1, -0.05) is 22.9 Å². The van der Waals surface area contributed by atoms with Crippen molar-refractivity contribution in [3.8, 4) is 0 Å². The molecule has 0 aliphatic rings. The van der Waals surface area contributed by atoms with Gasteiger partial charge in [-0.25, -0.2) is 8.42 Å². The van der Waals surface area contributed by atoms with E-state index in [-0.39, 0.29) is 22.2 Å². The number of benzene rings is 2. The summed E-state index contributed by atoms with van der Waals surface area (Å²) >= 11 is 0. The Morgan fingerprint density at radius 3 is 2.37 bits per heavy atom. The van der Waals surface area contributed by atoms with Crippen molar-refractivity contribution in [1.29, 1.82) is 0 Å². The Balaban J connectivity index is 0.00000210. The van der Waals surface area contributed by atoms with Crippen molar-refractivity contribution in [2.24, 2.45) is 5.16 Å². The summed E-state index contributed by atoms with van der Waals surface area (Å²) < 4.78 is 25.9. The Morgan fingerprint density at radius 1 is 1.00 bits per heavy atom. The number of nitrogens with one attached hydrogen (secondary N) is 1. The van der Waals surface area contributed by atoms with Gasteiger partial charge in [0.25, 0.3) is 0 Å². The van der Waals surface area contributed by atoms with E-state index in [0.29, 0.717) is 5.69 Å². The summed E-state index contributed by atoms with van der Waals surface area (Å²) in [6.07, 6.45) is 2.85. The van der Waals surface area contributed by atoms with Crippen LogP contribution in [0.3, 0.4) is 0 Å². The summed E-state index contributed by atoms with van der Waals surface area (Å²) in [7, 11) is -3.61. The number of hydrogen-bond donors (Lipinski definition) is 2. The van der Waals surface area contributed by atoms with Crippen LogP contribution >= 0.6 is 12.4 Å². The van der Waals surface area contributed by atoms with Crippen molar-refractivity contribution in [3.05, 3.63) is 66.0 Å². The monoisotopic (exact) mass is 401 g/mol. The van der Waals surface area contributed by atoms with Crippen LogP contribution in [0.5, 0.6) is 0 Å². The predicted octanol–water partition coefficient (Wildman–Crippen LogP) is 4.09. The molecule has 0 amide bonds. The van der Waals surface area contributed by atoms with Gasteiger partial charge in [0.1, 0.15) is 0 Å². The van der Waals surface area contributed by atoms with Gasteiger partial charge in [-0.15, -0.1) is 12.4 Å². The number of H-pyrrole nitrogens is 1. The van der Waals surface area contributed by atoms with Crippen molar-refractivity contribution >= 4 is 50.3 Å². The highest BCUT2D eigenvalue weighted by Crippen LogP contribution is 2.30. The number of halogens is 1. The number of hydrogen-bond acceptors (Lipinski definition) is 5. The maximum atomic E-state index is 12.9. The van der Waals surface area contributed by atoms with Gasteiger partial charge in [0, 0.05) is 16.3 Å². The number of sulfone groups is 1. The number of aromatic amines is 1. The van der Waals surface area contributed by atoms with E-state index >= 15 is 0 Å². The molecule has 2 aromatic carbocycles. The van der Waals surface area contributed by atoms with Gasteiger partial charge >= 0.3 is 0 Å². The number of aryl methyl sites for hydroxylation is 1. The van der Waals surface area contributed by atoms with Gasteiger partial charge in [-0.05, 0) is 43.3 Å². The van der Waals surface area contributed by atoms with Crippen LogP contribution in [0.25, 0.3) is 21.8 Å². The number of pyridine rings is 1. The van der Waals surface area contributed by atoms with Gasteiger partial charge < -0.3 is 10.2 Å². The summed E-state index contributed by atoms with van der Waals surface area (Å²) in [5.41, 5.74) is 3.07. The fourth-order valence-electron chi connectivity index (χ4n) is 2.94. The standard InChI is InChI=1S/C19H15N3O3S.ClH/c1-12-2-4-14(5-3-12)26(24,25)15-6-7-18-17(9-15)16-8-13(10-21-23)20-11-19(16)22-18;/h2-11,22-23H,1H3;1H. The zero-order valence-electron chi connectivity index (χ0n) is 14.2. The second-order valence-corrected chi connectivity index (χ2v) is 8.00. The lowest BCUT2D eigenvalue weighted by Crippen LogP contribution is -2.01. The minimum Gasteiger partial charge on any atom is -0.411 e. The molecule has 0 radical (unpaired) electrons. The molecule has 0 fully saturated rings. The second-order valence-electron chi connectivity index (χ2n) is 6.05. The Hall–Kier alpha value is -2.90. The Labute approximate surface area is 161 Å². The fraction of sp³-hybridized carbons (Fsp3) is 0.0526. The third-order valence-corrected chi connectivity index (χ3v) is 6.07. The van der Waals surface area contributed by atoms with Crippen LogP contribution in [0.15, 0.2) is 69.7 Å². The van der Waals surface area contributed by atoms with E-state index < -0.39 is 9.84 Å². The van der Waals surface area contributed by atoms with Crippen LogP contribution in [0.1, 0.15) is 11.3 Å². The third kappa shape index (κ3) is 3.27. The van der Waals surface area contributed by atoms with Crippen molar-refractivity contribution in [1.82, 2.24) is 9.97 Å². The largest absolute Gasteiger partial charge is 0.411 e. The topological polar surface area (TPSA) is 95.4 Å². The van der Waals surface area contributed by atoms with Crippen LogP contribution in [0.2, 0.25) is 0 Å². The molecule has 0 atom stereocenters. The van der Waals surface area contributed by atoms with Gasteiger partial charge in [-0.2, -0.15) is 0 Å². The second kappa shape index (κ2) is 7.02. The lowest BCUT2D eigenvalue weighted by molar-refractivity contribution is 0.321. The summed E-state index contributed by atoms with van der Waals surface area (Å²) in [6.45, 7) is 1.91. The average Bonchev–Trinajstić information content (AvgIpc) is 2.99. The zero-order valence-corrected chi connectivity index (χ0v) is 15.9. The first-order valence-electron chi connectivity index (χ1n) is 7.90. The molecule has 0 spiro atoms. The van der Waals surface area contributed by atoms with Crippen molar-refractivity contribution in [2.45, 2.75) is 16.7 Å². The quantitative estimate of drug-likeness (QED) is 0.307. The smallest absolute Gasteiger partial charge is 0.206 e. The van der Waals surface area contributed by atoms with E-state index in [0.717, 1.165) is 27.4 Å². The van der Waals surface area contributed by atoms with Gasteiger partial charge in [0.2, 0.25) is 9.84 Å². The maximum Gasteiger partial charge on any atom is 0.206 e. The molecule has 0 saturated heterocycles. The van der Waals surface area contributed by atoms with Gasteiger partial charge in [0.15, 0.2) is 0 Å². The number of rotatable bonds is 3. The van der Waals surface area contributed by atoms with E-state index in [9.17, 15) is 8.42 Å². The van der Waals surface area contributed by atoms with E-state index in [1.54, 1.807) is 54.7 Å². The number of oxime groups is 1. The summed E-state index contributed by atoms with van der Waals surface area (Å²) in [5.74, 6) is 0. The van der Waals surface area contributed by atoms with Crippen LogP contribution in [-0.2, 0) is 9.84 Å². The minimum absolute atomic E-state index is 0. The van der Waals surface area contributed by atoms with Gasteiger partial charge in [-0.3, -0.25) is 4.98 Å². The molecule has 6 nitrogen and oxygen atoms in total. The van der Waals surface area contributed by atoms with Crippen LogP contribution in [0.4, 0.5) is 0 Å². The highest BCUT2D eigenvalue weighted by atomic mass is 35.5. The summed E-state index contributed by atoms with van der Waals surface area (Å²) in [6, 6.07) is 13.5. The Kier molecular flexibility index (Phi) is 4.91. The molecule has 8 heteroatoms. The molecule has 0 saturated carbocycles. The molecule has 138 valence electrons. The van der Waals surface area contributed by atoms with Crippen molar-refractivity contribution < 1.29 is 13.6 Å². The molecule has 0 aliphatic heterocycles. The number of fused-ring (bicyclic) bond motifs is 3. The normalized spacial score (nSPS) is 11.9. The molecule has 2 aromatic heterocycles. The number of aromatic nitrogens is 2. The molecule has 0 bridgehead atoms. The first-order valence-corrected chi connectivity index (χ1v) is 9.38. The first kappa shape index (κ1) is 18.9. The van der Waals surface area contributed by atoms with E-state index in [1.165, 1.54) is 6.21 Å². The van der Waals surface area contributed by atoms with Crippen LogP contribution < -0.4 is 0 Å². The van der Waals surface area contributed by atoms with Gasteiger partial charge in [0.05, 0.1) is 33.4 Å². The highest BCUT2D eigenvalue weighted by molar-refractivity contribution is 7.91. The molecule has 0 unspecified atom stereocenters. The highest BCUT2D eigenvalue weighted by Gasteiger charge is 2.19. The lowest BCUT2D eigenvalue weighted by atomic mass is 10.2. The molecule has 0 aliphatic carbocycles. The number of nitrogens with zero attached hydrogens (tertiary/aromatic N) is 2. The Bertz CT molecular complexity index is 1260. The van der Waals surface area contributed by atoms with E-state index in [1.807, 2.05) is 6.92 Å². The molecular formula is C19H16ClN3O3S. The van der Waals surface area contributed by atoms with Crippen LogP contribution in [-0.4, -0.2) is 29.8 Å². The average molecular weight is 402 g/mol. The lowest BCUT2D eigenvalue weighted by Gasteiger charge is -2.05. The summed E-state index contributed by atoms with van der Waals surface area (Å²) in [4.78, 5) is 7.86. The van der Waals surface area contributed by atoms with Crippen molar-refractivity contribution in [2.75, 3.05) is 0 Å². The van der Waals surface area contributed by atoms with E-state index in [4.69, 9.17) is 5.21 Å². The SMILES string of the molecule is Cc1ccc(S(=O)(=O)c2ccc3[nH]c4cnc(C=NO)cc4c3c2)cc1.Cl. The van der Waals surface area contributed by atoms with Crippen LogP contribution in [0, 0.1) is 6.92 Å². The summed E-state index contributed by atoms with van der Waals surface area (Å²) in [5, 5.41) is 13.3. The zero-order chi connectivity index (χ0) is 18.3. The predicted molar refractivity (Wildman–Crippen MR) is 107 cm³/mol. The maximum absolute atomic E-state index is 12.9. The first-order chi connectivity index (χ1) is 12.5. The van der Waals surface area contributed by atoms with Crippen molar-refractivity contribution in [3.63, 3.8) is 0 Å². The molecule has 4 aromatic rings. The molecular weight excluding hydrogens is 386 g/mol. The Morgan fingerprint density at radius 2 is 1.67 bits per heavy atom. The fourth-order valence-corrected chi connectivity index (χ4v) is 4.23. The molecule has 2 N–H and O–H groups in total. The molecule has 2 heterocycles. The third-order valence-electron chi connectivity index (χ3n) is 4.31. The molecule has 27 heavy (non-hydrogen) atoms.